The molecule has 0 aliphatic carbocycles. The Morgan fingerprint density at radius 1 is 1.12 bits per heavy atom. The molecule has 1 aliphatic rings. The highest BCUT2D eigenvalue weighted by Gasteiger charge is 2.13. The fourth-order valence-electron chi connectivity index (χ4n) is 2.40. The van der Waals surface area contributed by atoms with Crippen LogP contribution in [0.5, 0.6) is 11.5 Å². The number of nitrogens with zero attached hydrogens (tertiary/aromatic N) is 2. The van der Waals surface area contributed by atoms with Gasteiger partial charge >= 0.3 is 0 Å². The average Bonchev–Trinajstić information content (AvgIpc) is 3.15. The van der Waals surface area contributed by atoms with E-state index in [9.17, 15) is 4.79 Å². The first kappa shape index (κ1) is 16.9. The third-order valence-electron chi connectivity index (χ3n) is 3.59. The standard InChI is InChI=1S/C18H15N3O3S2/c22-16(11-25-13-6-7-14-15(10-13)24-9-8-23-14)19-18-20-17(21-26-18)12-4-2-1-3-5-12/h1-7,10H,8-9,11H2,(H,19,20,21,22). The van der Waals surface area contributed by atoms with Crippen LogP contribution < -0.4 is 14.8 Å². The van der Waals surface area contributed by atoms with Gasteiger partial charge in [0.05, 0.1) is 5.75 Å². The second-order valence-electron chi connectivity index (χ2n) is 5.43. The van der Waals surface area contributed by atoms with Crippen molar-refractivity contribution in [3.05, 3.63) is 48.5 Å². The fraction of sp³-hybridized carbons (Fsp3) is 0.167. The van der Waals surface area contributed by atoms with E-state index in [0.717, 1.165) is 22.0 Å². The van der Waals surface area contributed by atoms with Gasteiger partial charge in [0.15, 0.2) is 17.3 Å². The van der Waals surface area contributed by atoms with Crippen molar-refractivity contribution in [2.45, 2.75) is 4.90 Å². The van der Waals surface area contributed by atoms with Crippen molar-refractivity contribution in [1.82, 2.24) is 9.36 Å². The number of thioether (sulfide) groups is 1. The monoisotopic (exact) mass is 385 g/mol. The zero-order valence-corrected chi connectivity index (χ0v) is 15.3. The van der Waals surface area contributed by atoms with Gasteiger partial charge in [-0.25, -0.2) is 0 Å². The topological polar surface area (TPSA) is 73.3 Å². The van der Waals surface area contributed by atoms with Crippen molar-refractivity contribution < 1.29 is 14.3 Å². The Balaban J connectivity index is 1.34. The van der Waals surface area contributed by atoms with Crippen LogP contribution in [-0.4, -0.2) is 34.2 Å². The molecule has 6 nitrogen and oxygen atoms in total. The minimum atomic E-state index is -0.124. The normalized spacial score (nSPS) is 12.6. The van der Waals surface area contributed by atoms with Crippen LogP contribution >= 0.6 is 23.3 Å². The zero-order chi connectivity index (χ0) is 17.8. The summed E-state index contributed by atoms with van der Waals surface area (Å²) in [5.41, 5.74) is 0.926. The Bertz CT molecular complexity index is 915. The molecule has 0 bridgehead atoms. The molecular formula is C18H15N3O3S2. The van der Waals surface area contributed by atoms with E-state index in [0.29, 0.717) is 24.2 Å². The summed E-state index contributed by atoms with van der Waals surface area (Å²) in [5, 5.41) is 3.29. The second-order valence-corrected chi connectivity index (χ2v) is 7.23. The van der Waals surface area contributed by atoms with Crippen molar-refractivity contribution in [3.8, 4) is 22.9 Å². The number of carbonyl (C=O) groups is 1. The zero-order valence-electron chi connectivity index (χ0n) is 13.7. The van der Waals surface area contributed by atoms with Crippen molar-refractivity contribution in [3.63, 3.8) is 0 Å². The second kappa shape index (κ2) is 7.76. The number of rotatable bonds is 5. The molecule has 2 heterocycles. The van der Waals surface area contributed by atoms with E-state index in [1.54, 1.807) is 0 Å². The predicted octanol–water partition coefficient (Wildman–Crippen LogP) is 3.71. The maximum atomic E-state index is 12.2. The minimum absolute atomic E-state index is 0.124. The summed E-state index contributed by atoms with van der Waals surface area (Å²) >= 11 is 2.61. The maximum absolute atomic E-state index is 12.2. The largest absolute Gasteiger partial charge is 0.486 e. The van der Waals surface area contributed by atoms with Gasteiger partial charge in [0.2, 0.25) is 11.0 Å². The molecule has 0 radical (unpaired) electrons. The first-order valence-corrected chi connectivity index (χ1v) is 9.75. The molecule has 0 fully saturated rings. The third-order valence-corrected chi connectivity index (χ3v) is 5.21. The van der Waals surface area contributed by atoms with Gasteiger partial charge in [0, 0.05) is 22.0 Å². The molecule has 0 atom stereocenters. The number of fused-ring (bicyclic) bond motifs is 1. The van der Waals surface area contributed by atoms with E-state index >= 15 is 0 Å². The van der Waals surface area contributed by atoms with Crippen LogP contribution in [0.4, 0.5) is 5.13 Å². The molecule has 2 aromatic carbocycles. The molecule has 1 amide bonds. The quantitative estimate of drug-likeness (QED) is 0.675. The van der Waals surface area contributed by atoms with E-state index in [-0.39, 0.29) is 11.7 Å². The number of hydrogen-bond acceptors (Lipinski definition) is 7. The molecule has 0 unspecified atom stereocenters. The van der Waals surface area contributed by atoms with E-state index in [1.165, 1.54) is 23.3 Å². The van der Waals surface area contributed by atoms with Gasteiger partial charge in [-0.1, -0.05) is 30.3 Å². The lowest BCUT2D eigenvalue weighted by Crippen LogP contribution is -2.15. The molecule has 1 aliphatic heterocycles. The van der Waals surface area contributed by atoms with Crippen molar-refractivity contribution in [2.24, 2.45) is 0 Å². The Labute approximate surface area is 158 Å². The lowest BCUT2D eigenvalue weighted by Gasteiger charge is -2.18. The van der Waals surface area contributed by atoms with Crippen LogP contribution in [-0.2, 0) is 4.79 Å². The fourth-order valence-corrected chi connectivity index (χ4v) is 3.73. The van der Waals surface area contributed by atoms with Gasteiger partial charge in [-0.15, -0.1) is 11.8 Å². The highest BCUT2D eigenvalue weighted by molar-refractivity contribution is 8.00. The first-order valence-electron chi connectivity index (χ1n) is 7.99. The Hall–Kier alpha value is -2.58. The van der Waals surface area contributed by atoms with Crippen molar-refractivity contribution in [2.75, 3.05) is 24.3 Å². The predicted molar refractivity (Wildman–Crippen MR) is 102 cm³/mol. The Morgan fingerprint density at radius 2 is 1.92 bits per heavy atom. The van der Waals surface area contributed by atoms with Crippen LogP contribution in [0.2, 0.25) is 0 Å². The highest BCUT2D eigenvalue weighted by Crippen LogP contribution is 2.34. The van der Waals surface area contributed by atoms with Crippen LogP contribution in [0.25, 0.3) is 11.4 Å². The summed E-state index contributed by atoms with van der Waals surface area (Å²) in [7, 11) is 0. The summed E-state index contributed by atoms with van der Waals surface area (Å²) in [6.45, 7) is 1.11. The van der Waals surface area contributed by atoms with Crippen LogP contribution in [0, 0.1) is 0 Å². The molecule has 0 saturated heterocycles. The molecule has 0 saturated carbocycles. The third kappa shape index (κ3) is 3.97. The molecule has 3 aromatic rings. The molecule has 8 heteroatoms. The number of aromatic nitrogens is 2. The maximum Gasteiger partial charge on any atom is 0.236 e. The van der Waals surface area contributed by atoms with Crippen molar-refractivity contribution >= 4 is 34.3 Å². The lowest BCUT2D eigenvalue weighted by molar-refractivity contribution is -0.113. The summed E-state index contributed by atoms with van der Waals surface area (Å²) in [4.78, 5) is 17.5. The van der Waals surface area contributed by atoms with Crippen molar-refractivity contribution in [1.29, 1.82) is 0 Å². The first-order chi connectivity index (χ1) is 12.8. The SMILES string of the molecule is O=C(CSc1ccc2c(c1)OCCO2)Nc1nc(-c2ccccc2)ns1. The molecule has 1 N–H and O–H groups in total. The number of carbonyl (C=O) groups excluding carboxylic acids is 1. The summed E-state index contributed by atoms with van der Waals surface area (Å²) < 4.78 is 15.3. The molecule has 26 heavy (non-hydrogen) atoms. The Morgan fingerprint density at radius 3 is 2.77 bits per heavy atom. The van der Waals surface area contributed by atoms with Crippen LogP contribution in [0.3, 0.4) is 0 Å². The van der Waals surface area contributed by atoms with Gasteiger partial charge in [0.1, 0.15) is 13.2 Å². The van der Waals surface area contributed by atoms with Gasteiger partial charge in [-0.05, 0) is 18.2 Å². The molecule has 0 spiro atoms. The van der Waals surface area contributed by atoms with Gasteiger partial charge in [0.25, 0.3) is 0 Å². The van der Waals surface area contributed by atoms with Gasteiger partial charge in [-0.2, -0.15) is 9.36 Å². The Kier molecular flexibility index (Phi) is 5.03. The van der Waals surface area contributed by atoms with Crippen LogP contribution in [0.15, 0.2) is 53.4 Å². The van der Waals surface area contributed by atoms with Gasteiger partial charge in [-0.3, -0.25) is 10.1 Å². The summed E-state index contributed by atoms with van der Waals surface area (Å²) in [5.74, 6) is 2.23. The van der Waals surface area contributed by atoms with E-state index in [1.807, 2.05) is 48.5 Å². The average molecular weight is 385 g/mol. The number of hydrogen-bond donors (Lipinski definition) is 1. The number of anilines is 1. The minimum Gasteiger partial charge on any atom is -0.486 e. The molecule has 132 valence electrons. The van der Waals surface area contributed by atoms with E-state index in [2.05, 4.69) is 14.7 Å². The van der Waals surface area contributed by atoms with E-state index in [4.69, 9.17) is 9.47 Å². The molecule has 1 aromatic heterocycles. The smallest absolute Gasteiger partial charge is 0.236 e. The number of benzene rings is 2. The van der Waals surface area contributed by atoms with E-state index < -0.39 is 0 Å². The number of amides is 1. The number of nitrogens with one attached hydrogen (secondary N) is 1. The highest BCUT2D eigenvalue weighted by atomic mass is 32.2. The number of ether oxygens (including phenoxy) is 2. The molecular weight excluding hydrogens is 370 g/mol. The summed E-state index contributed by atoms with van der Waals surface area (Å²) in [6, 6.07) is 15.3. The van der Waals surface area contributed by atoms with Crippen LogP contribution in [0.1, 0.15) is 0 Å². The lowest BCUT2D eigenvalue weighted by atomic mass is 10.2. The molecule has 4 rings (SSSR count). The summed E-state index contributed by atoms with van der Waals surface area (Å²) in [6.07, 6.45) is 0. The van der Waals surface area contributed by atoms with Gasteiger partial charge < -0.3 is 9.47 Å².